The number of amidine groups is 1. The van der Waals surface area contributed by atoms with Gasteiger partial charge in [0.2, 0.25) is 15.9 Å². The fourth-order valence-electron chi connectivity index (χ4n) is 2.65. The highest BCUT2D eigenvalue weighted by atomic mass is 32.2. The molecule has 1 atom stereocenters. The number of carbonyl (C=O) groups is 2. The monoisotopic (exact) mass is 462 g/mol. The number of nitrogens with one attached hydrogen (secondary N) is 3. The number of nitrogen functional groups attached to an aromatic ring is 1. The number of carboxylic acids is 1. The summed E-state index contributed by atoms with van der Waals surface area (Å²) in [5.74, 6) is -1.19. The fraction of sp³-hybridized carbons (Fsp3) is 0.286. The number of benzene rings is 2. The number of rotatable bonds is 13. The van der Waals surface area contributed by atoms with Crippen molar-refractivity contribution in [2.75, 3.05) is 13.2 Å². The van der Waals surface area contributed by atoms with E-state index in [9.17, 15) is 23.1 Å². The first kappa shape index (κ1) is 24.8. The molecule has 0 heterocycles. The minimum Gasteiger partial charge on any atom is -0.494 e. The van der Waals surface area contributed by atoms with Crippen LogP contribution in [0.1, 0.15) is 24.8 Å². The van der Waals surface area contributed by atoms with Crippen LogP contribution in [-0.4, -0.2) is 50.4 Å². The van der Waals surface area contributed by atoms with Crippen molar-refractivity contribution < 1.29 is 27.9 Å². The van der Waals surface area contributed by atoms with Gasteiger partial charge in [-0.3, -0.25) is 15.0 Å². The molecule has 0 saturated heterocycles. The lowest BCUT2D eigenvalue weighted by atomic mass is 10.2. The molecule has 0 aliphatic heterocycles. The predicted octanol–water partition coefficient (Wildman–Crippen LogP) is 1.07. The van der Waals surface area contributed by atoms with Gasteiger partial charge < -0.3 is 20.9 Å². The second-order valence-corrected chi connectivity index (χ2v) is 8.59. The number of unbranched alkanes of at least 4 members (excludes halogenated alkanes) is 1. The van der Waals surface area contributed by atoms with Crippen LogP contribution in [0.4, 0.5) is 0 Å². The molecule has 0 radical (unpaired) electrons. The average molecular weight is 463 g/mol. The first-order valence-electron chi connectivity index (χ1n) is 9.83. The smallest absolute Gasteiger partial charge is 0.323 e. The lowest BCUT2D eigenvalue weighted by Crippen LogP contribution is -2.48. The van der Waals surface area contributed by atoms with Crippen LogP contribution in [0.15, 0.2) is 59.5 Å². The van der Waals surface area contributed by atoms with E-state index < -0.39 is 22.0 Å². The van der Waals surface area contributed by atoms with Crippen LogP contribution in [0.5, 0.6) is 5.75 Å². The normalized spacial score (nSPS) is 12.0. The maximum atomic E-state index is 12.3. The molecule has 0 bridgehead atoms. The van der Waals surface area contributed by atoms with Crippen LogP contribution in [0.2, 0.25) is 0 Å². The summed E-state index contributed by atoms with van der Waals surface area (Å²) in [6.45, 7) is 0.000547. The Bertz CT molecular complexity index is 1030. The zero-order valence-electron chi connectivity index (χ0n) is 17.3. The molecule has 0 unspecified atom stereocenters. The van der Waals surface area contributed by atoms with Gasteiger partial charge in [-0.05, 0) is 49.2 Å². The second-order valence-electron chi connectivity index (χ2n) is 6.87. The van der Waals surface area contributed by atoms with Crippen LogP contribution in [0, 0.1) is 5.41 Å². The third-order valence-corrected chi connectivity index (χ3v) is 5.87. The Balaban J connectivity index is 1.71. The number of amides is 1. The van der Waals surface area contributed by atoms with Crippen molar-refractivity contribution in [2.45, 2.75) is 30.2 Å². The quantitative estimate of drug-likeness (QED) is 0.168. The highest BCUT2D eigenvalue weighted by molar-refractivity contribution is 7.89. The van der Waals surface area contributed by atoms with Gasteiger partial charge in [-0.25, -0.2) is 8.42 Å². The van der Waals surface area contributed by atoms with Gasteiger partial charge in [-0.1, -0.05) is 18.2 Å². The van der Waals surface area contributed by atoms with Gasteiger partial charge in [-0.2, -0.15) is 4.72 Å². The zero-order valence-corrected chi connectivity index (χ0v) is 18.1. The largest absolute Gasteiger partial charge is 0.494 e. The van der Waals surface area contributed by atoms with Crippen LogP contribution >= 0.6 is 0 Å². The summed E-state index contributed by atoms with van der Waals surface area (Å²) in [5.41, 5.74) is 5.98. The third-order valence-electron chi connectivity index (χ3n) is 4.38. The Morgan fingerprint density at radius 1 is 1.06 bits per heavy atom. The van der Waals surface area contributed by atoms with E-state index >= 15 is 0 Å². The molecule has 1 amide bonds. The van der Waals surface area contributed by atoms with Crippen molar-refractivity contribution in [1.29, 1.82) is 5.41 Å². The van der Waals surface area contributed by atoms with E-state index in [1.807, 2.05) is 0 Å². The van der Waals surface area contributed by atoms with Gasteiger partial charge >= 0.3 is 5.97 Å². The van der Waals surface area contributed by atoms with E-state index in [2.05, 4.69) is 10.0 Å². The molecule has 2 aromatic carbocycles. The second kappa shape index (κ2) is 11.8. The summed E-state index contributed by atoms with van der Waals surface area (Å²) in [6, 6.07) is 12.6. The number of sulfonamides is 1. The molecule has 11 heteroatoms. The van der Waals surface area contributed by atoms with E-state index in [-0.39, 0.29) is 29.6 Å². The molecule has 0 saturated carbocycles. The Labute approximate surface area is 186 Å². The molecule has 2 aromatic rings. The summed E-state index contributed by atoms with van der Waals surface area (Å²) in [6.07, 6.45) is 1.24. The molecule has 0 fully saturated rings. The third kappa shape index (κ3) is 8.00. The summed E-state index contributed by atoms with van der Waals surface area (Å²) < 4.78 is 32.2. The van der Waals surface area contributed by atoms with Crippen molar-refractivity contribution in [3.8, 4) is 5.75 Å². The van der Waals surface area contributed by atoms with E-state index in [0.717, 1.165) is 0 Å². The molecule has 0 aliphatic carbocycles. The molecule has 0 spiro atoms. The topological polar surface area (TPSA) is 172 Å². The maximum absolute atomic E-state index is 12.3. The van der Waals surface area contributed by atoms with Gasteiger partial charge in [0.05, 0.1) is 11.5 Å². The minimum atomic E-state index is -4.03. The van der Waals surface area contributed by atoms with Gasteiger partial charge in [0.1, 0.15) is 17.6 Å². The molecule has 0 aliphatic rings. The first-order valence-corrected chi connectivity index (χ1v) is 11.3. The van der Waals surface area contributed by atoms with Gasteiger partial charge in [0.25, 0.3) is 0 Å². The Morgan fingerprint density at radius 2 is 1.72 bits per heavy atom. The number of ether oxygens (including phenoxy) is 1. The SMILES string of the molecule is N=C(N)c1ccc(OCCCCC(=O)NC[C@H](NS(=O)(=O)c2ccccc2)C(=O)O)cc1. The first-order chi connectivity index (χ1) is 15.2. The number of aliphatic carboxylic acids is 1. The standard InChI is InChI=1S/C21H26N4O6S/c22-20(23)15-9-11-16(12-10-15)31-13-5-4-8-19(26)24-14-18(21(27)28)25-32(29,30)17-6-2-1-3-7-17/h1-3,6-7,9-12,18,25H,4-5,8,13-14H2,(H3,22,23)(H,24,26)(H,27,28)/t18-/m0/s1. The molecular formula is C21H26N4O6S. The number of carbonyl (C=O) groups excluding carboxylic acids is 1. The highest BCUT2D eigenvalue weighted by Gasteiger charge is 2.25. The average Bonchev–Trinajstić information content (AvgIpc) is 2.77. The van der Waals surface area contributed by atoms with Crippen LogP contribution in [-0.2, 0) is 19.6 Å². The van der Waals surface area contributed by atoms with Crippen LogP contribution < -0.4 is 20.5 Å². The Morgan fingerprint density at radius 3 is 2.31 bits per heavy atom. The van der Waals surface area contributed by atoms with Crippen molar-refractivity contribution in [1.82, 2.24) is 10.0 Å². The number of nitrogens with two attached hydrogens (primary N) is 1. The summed E-state index contributed by atoms with van der Waals surface area (Å²) in [7, 11) is -4.03. The van der Waals surface area contributed by atoms with Crippen molar-refractivity contribution in [3.05, 3.63) is 60.2 Å². The number of carboxylic acid groups (broad SMARTS) is 1. The maximum Gasteiger partial charge on any atom is 0.323 e. The minimum absolute atomic E-state index is 0.0273. The van der Waals surface area contributed by atoms with E-state index in [1.54, 1.807) is 30.3 Å². The van der Waals surface area contributed by atoms with Gasteiger partial charge in [-0.15, -0.1) is 0 Å². The molecule has 2 rings (SSSR count). The molecule has 172 valence electrons. The molecule has 10 nitrogen and oxygen atoms in total. The number of hydrogen-bond donors (Lipinski definition) is 5. The fourth-order valence-corrected chi connectivity index (χ4v) is 3.86. The van der Waals surface area contributed by atoms with E-state index in [4.69, 9.17) is 15.9 Å². The summed E-state index contributed by atoms with van der Waals surface area (Å²) in [5, 5.41) is 19.1. The van der Waals surface area contributed by atoms with Crippen LogP contribution in [0.25, 0.3) is 0 Å². The van der Waals surface area contributed by atoms with Crippen molar-refractivity contribution in [3.63, 3.8) is 0 Å². The van der Waals surface area contributed by atoms with E-state index in [1.165, 1.54) is 24.3 Å². The molecule has 6 N–H and O–H groups in total. The highest BCUT2D eigenvalue weighted by Crippen LogP contribution is 2.12. The van der Waals surface area contributed by atoms with Gasteiger partial charge in [0.15, 0.2) is 0 Å². The lowest BCUT2D eigenvalue weighted by Gasteiger charge is -2.15. The molecule has 32 heavy (non-hydrogen) atoms. The van der Waals surface area contributed by atoms with Crippen LogP contribution in [0.3, 0.4) is 0 Å². The van der Waals surface area contributed by atoms with E-state index in [0.29, 0.717) is 30.8 Å². The Kier molecular flexibility index (Phi) is 9.17. The van der Waals surface area contributed by atoms with Crippen molar-refractivity contribution >= 4 is 27.7 Å². The predicted molar refractivity (Wildman–Crippen MR) is 118 cm³/mol. The molecular weight excluding hydrogens is 436 g/mol. The van der Waals surface area contributed by atoms with Gasteiger partial charge in [0, 0.05) is 18.5 Å². The summed E-state index contributed by atoms with van der Waals surface area (Å²) >= 11 is 0. The lowest BCUT2D eigenvalue weighted by molar-refractivity contribution is -0.138. The van der Waals surface area contributed by atoms with Crippen molar-refractivity contribution in [2.24, 2.45) is 5.73 Å². The Hall–Kier alpha value is -3.44. The molecule has 0 aromatic heterocycles. The zero-order chi connectivity index (χ0) is 23.6. The number of hydrogen-bond acceptors (Lipinski definition) is 6. The summed E-state index contributed by atoms with van der Waals surface area (Å²) in [4.78, 5) is 23.3.